The van der Waals surface area contributed by atoms with Crippen LogP contribution in [0.25, 0.3) is 0 Å². The summed E-state index contributed by atoms with van der Waals surface area (Å²) in [6, 6.07) is 2.88. The van der Waals surface area contributed by atoms with E-state index in [0.29, 0.717) is 31.0 Å². The molecule has 0 spiro atoms. The summed E-state index contributed by atoms with van der Waals surface area (Å²) in [5.41, 5.74) is -1.35. The van der Waals surface area contributed by atoms with Crippen LogP contribution in [0.2, 0.25) is 0 Å². The molecule has 188 valence electrons. The highest BCUT2D eigenvalue weighted by Gasteiger charge is 2.41. The fraction of sp³-hybridized carbons (Fsp3) is 0.500. The summed E-state index contributed by atoms with van der Waals surface area (Å²) < 4.78 is 28.6. The second-order valence-electron chi connectivity index (χ2n) is 10.2. The van der Waals surface area contributed by atoms with Crippen LogP contribution in [0.1, 0.15) is 66.4 Å². The van der Waals surface area contributed by atoms with Gasteiger partial charge < -0.3 is 19.9 Å². The van der Waals surface area contributed by atoms with Gasteiger partial charge in [0.1, 0.15) is 17.2 Å². The number of hydrogen-bond donors (Lipinski definition) is 2. The number of fused-ring (bicyclic) bond motifs is 2. The quantitative estimate of drug-likeness (QED) is 0.673. The predicted molar refractivity (Wildman–Crippen MR) is 126 cm³/mol. The van der Waals surface area contributed by atoms with Crippen molar-refractivity contribution in [2.24, 2.45) is 17.8 Å². The maximum absolute atomic E-state index is 13.9. The summed E-state index contributed by atoms with van der Waals surface area (Å²) in [5, 5.41) is 13.1. The van der Waals surface area contributed by atoms with E-state index in [2.05, 4.69) is 26.1 Å². The van der Waals surface area contributed by atoms with Crippen molar-refractivity contribution >= 4 is 11.8 Å². The van der Waals surface area contributed by atoms with Crippen LogP contribution in [0.5, 0.6) is 5.75 Å². The van der Waals surface area contributed by atoms with E-state index >= 15 is 0 Å². The lowest BCUT2D eigenvalue weighted by atomic mass is 9.85. The van der Waals surface area contributed by atoms with Crippen LogP contribution in [0.3, 0.4) is 0 Å². The summed E-state index contributed by atoms with van der Waals surface area (Å²) in [7, 11) is 0. The number of halogens is 2. The molecule has 35 heavy (non-hydrogen) atoms. The zero-order valence-electron chi connectivity index (χ0n) is 20.2. The molecule has 2 aliphatic rings. The van der Waals surface area contributed by atoms with Crippen molar-refractivity contribution < 1.29 is 23.5 Å². The molecule has 3 heterocycles. The topological polar surface area (TPSA) is 91.6 Å². The van der Waals surface area contributed by atoms with Crippen molar-refractivity contribution in [2.45, 2.75) is 59.2 Å². The van der Waals surface area contributed by atoms with Gasteiger partial charge in [0.2, 0.25) is 5.43 Å². The molecule has 1 fully saturated rings. The number of aromatic hydroxyl groups is 1. The molecule has 0 bridgehead atoms. The smallest absolute Gasteiger partial charge is 0.274 e. The molecule has 1 aromatic heterocycles. The molecular formula is C26H31F2N3O4. The van der Waals surface area contributed by atoms with Gasteiger partial charge in [0.25, 0.3) is 11.8 Å². The average Bonchev–Trinajstić information content (AvgIpc) is 2.94. The van der Waals surface area contributed by atoms with Crippen LogP contribution in [0.15, 0.2) is 29.2 Å². The first-order chi connectivity index (χ1) is 16.6. The molecule has 3 atom stereocenters. The molecule has 7 nitrogen and oxygen atoms in total. The Morgan fingerprint density at radius 2 is 1.94 bits per heavy atom. The molecule has 2 N–H and O–H groups in total. The molecule has 1 saturated heterocycles. The SMILES string of the molecule is CC(C)CC1CC[C@@H](C)CN2C(=O)c3c(O)c(=O)c(C(=O)NCc4ccc(F)cc4F)cn3CC12. The Labute approximate surface area is 202 Å². The summed E-state index contributed by atoms with van der Waals surface area (Å²) in [4.78, 5) is 40.9. The second kappa shape index (κ2) is 9.79. The standard InChI is InChI=1S/C26H31F2N3O4/c1-14(2)8-16-5-4-15(3)11-31-21(16)13-30-12-19(23(32)24(33)22(30)26(31)35)25(34)29-10-17-6-7-18(27)9-20(17)28/h6-7,9,12,14-16,21,33H,4-5,8,10-11,13H2,1-3H3,(H,29,34)/t15-,16?,21?/m1/s1. The van der Waals surface area contributed by atoms with Gasteiger partial charge in [0, 0.05) is 37.5 Å². The first-order valence-electron chi connectivity index (χ1n) is 12.1. The number of hydrogen-bond acceptors (Lipinski definition) is 4. The highest BCUT2D eigenvalue weighted by atomic mass is 19.1. The van der Waals surface area contributed by atoms with Gasteiger partial charge in [-0.1, -0.05) is 26.8 Å². The molecule has 2 unspecified atom stereocenters. The van der Waals surface area contributed by atoms with Crippen LogP contribution in [0, 0.1) is 29.4 Å². The fourth-order valence-electron chi connectivity index (χ4n) is 5.32. The number of pyridine rings is 1. The molecule has 0 aliphatic carbocycles. The zero-order valence-corrected chi connectivity index (χ0v) is 20.2. The van der Waals surface area contributed by atoms with E-state index in [9.17, 15) is 28.3 Å². The zero-order chi connectivity index (χ0) is 25.4. The van der Waals surface area contributed by atoms with Gasteiger partial charge in [-0.3, -0.25) is 14.4 Å². The van der Waals surface area contributed by atoms with Crippen molar-refractivity contribution in [3.63, 3.8) is 0 Å². The lowest BCUT2D eigenvalue weighted by Gasteiger charge is -2.41. The Hall–Kier alpha value is -3.23. The number of benzene rings is 1. The molecule has 2 aliphatic heterocycles. The molecule has 2 amide bonds. The van der Waals surface area contributed by atoms with E-state index in [-0.39, 0.29) is 35.3 Å². The lowest BCUT2D eigenvalue weighted by molar-refractivity contribution is 0.0475. The summed E-state index contributed by atoms with van der Waals surface area (Å²) >= 11 is 0. The second-order valence-corrected chi connectivity index (χ2v) is 10.2. The van der Waals surface area contributed by atoms with Crippen LogP contribution in [0.4, 0.5) is 8.78 Å². The van der Waals surface area contributed by atoms with Gasteiger partial charge >= 0.3 is 0 Å². The third kappa shape index (κ3) is 4.94. The van der Waals surface area contributed by atoms with E-state index in [1.54, 1.807) is 4.90 Å². The summed E-state index contributed by atoms with van der Waals surface area (Å²) in [6.07, 6.45) is 4.22. The number of nitrogens with zero attached hydrogens (tertiary/aromatic N) is 2. The minimum atomic E-state index is -0.957. The normalized spacial score (nSPS) is 21.9. The van der Waals surface area contributed by atoms with Gasteiger partial charge in [-0.2, -0.15) is 0 Å². The first-order valence-corrected chi connectivity index (χ1v) is 12.1. The Bertz CT molecular complexity index is 1210. The third-order valence-corrected chi connectivity index (χ3v) is 7.06. The number of rotatable bonds is 5. The minimum absolute atomic E-state index is 0.0527. The van der Waals surface area contributed by atoms with E-state index in [4.69, 9.17) is 0 Å². The van der Waals surface area contributed by atoms with Crippen molar-refractivity contribution in [1.29, 1.82) is 0 Å². The molecular weight excluding hydrogens is 456 g/mol. The highest BCUT2D eigenvalue weighted by molar-refractivity contribution is 5.99. The monoisotopic (exact) mass is 487 g/mol. The Morgan fingerprint density at radius 1 is 1.20 bits per heavy atom. The number of carbonyl (C=O) groups excluding carboxylic acids is 2. The average molecular weight is 488 g/mol. The van der Waals surface area contributed by atoms with Crippen molar-refractivity contribution in [3.8, 4) is 5.75 Å². The van der Waals surface area contributed by atoms with Gasteiger partial charge in [0.05, 0.1) is 6.04 Å². The van der Waals surface area contributed by atoms with Gasteiger partial charge in [-0.25, -0.2) is 8.78 Å². The molecule has 0 radical (unpaired) electrons. The number of aromatic nitrogens is 1. The highest BCUT2D eigenvalue weighted by Crippen LogP contribution is 2.36. The van der Waals surface area contributed by atoms with Crippen molar-refractivity contribution in [1.82, 2.24) is 14.8 Å². The van der Waals surface area contributed by atoms with E-state index in [0.717, 1.165) is 25.3 Å². The van der Waals surface area contributed by atoms with Gasteiger partial charge in [0.15, 0.2) is 11.4 Å². The Kier molecular flexibility index (Phi) is 6.96. The van der Waals surface area contributed by atoms with Gasteiger partial charge in [-0.05, 0) is 43.1 Å². The maximum Gasteiger partial charge on any atom is 0.274 e. The molecule has 4 rings (SSSR count). The molecule has 2 aromatic rings. The van der Waals surface area contributed by atoms with E-state index < -0.39 is 34.6 Å². The van der Waals surface area contributed by atoms with Crippen molar-refractivity contribution in [3.05, 3.63) is 63.1 Å². The Morgan fingerprint density at radius 3 is 2.63 bits per heavy atom. The van der Waals surface area contributed by atoms with Crippen LogP contribution in [-0.4, -0.2) is 39.0 Å². The maximum atomic E-state index is 13.9. The fourth-order valence-corrected chi connectivity index (χ4v) is 5.32. The van der Waals surface area contributed by atoms with Crippen LogP contribution in [-0.2, 0) is 13.1 Å². The number of nitrogens with one attached hydrogen (secondary N) is 1. The van der Waals surface area contributed by atoms with Crippen LogP contribution >= 0.6 is 0 Å². The molecule has 0 saturated carbocycles. The largest absolute Gasteiger partial charge is 0.503 e. The summed E-state index contributed by atoms with van der Waals surface area (Å²) in [6.45, 7) is 7.04. The third-order valence-electron chi connectivity index (χ3n) is 7.06. The number of carbonyl (C=O) groups is 2. The minimum Gasteiger partial charge on any atom is -0.503 e. The van der Waals surface area contributed by atoms with E-state index in [1.165, 1.54) is 16.8 Å². The lowest BCUT2D eigenvalue weighted by Crippen LogP contribution is -2.52. The number of amides is 2. The molecule has 9 heteroatoms. The van der Waals surface area contributed by atoms with Crippen LogP contribution < -0.4 is 10.7 Å². The van der Waals surface area contributed by atoms with Crippen molar-refractivity contribution in [2.75, 3.05) is 6.54 Å². The Balaban J connectivity index is 1.65. The molecule has 1 aromatic carbocycles. The summed E-state index contributed by atoms with van der Waals surface area (Å²) in [5.74, 6) is -2.52. The predicted octanol–water partition coefficient (Wildman–Crippen LogP) is 3.68. The van der Waals surface area contributed by atoms with Gasteiger partial charge in [-0.15, -0.1) is 0 Å². The first kappa shape index (κ1) is 24.9. The van der Waals surface area contributed by atoms with E-state index in [1.807, 2.05) is 0 Å².